The van der Waals surface area contributed by atoms with Gasteiger partial charge in [0, 0.05) is 19.3 Å². The summed E-state index contributed by atoms with van der Waals surface area (Å²) in [4.78, 5) is 35.3. The number of carbonyl (C=O) groups is 2. The molecule has 16 heteroatoms. The van der Waals surface area contributed by atoms with Gasteiger partial charge in [0.1, 0.15) is 11.3 Å². The Morgan fingerprint density at radius 3 is 2.41 bits per heavy atom. The van der Waals surface area contributed by atoms with Crippen molar-refractivity contribution < 1.29 is 40.7 Å². The molecule has 0 saturated carbocycles. The maximum absolute atomic E-state index is 13.7. The van der Waals surface area contributed by atoms with Crippen molar-refractivity contribution in [2.24, 2.45) is 0 Å². The molecule has 44 heavy (non-hydrogen) atoms. The molecule has 0 bridgehead atoms. The molecule has 1 atom stereocenters. The summed E-state index contributed by atoms with van der Waals surface area (Å²) in [7, 11) is 0. The van der Waals surface area contributed by atoms with Gasteiger partial charge in [0.15, 0.2) is 6.23 Å². The number of carbonyl (C=O) groups excluding carboxylic acids is 2. The van der Waals surface area contributed by atoms with Crippen LogP contribution in [0.5, 0.6) is 0 Å². The number of hydrogen-bond donors (Lipinski definition) is 2. The number of pyridine rings is 2. The van der Waals surface area contributed by atoms with Gasteiger partial charge in [-0.2, -0.15) is 31.4 Å². The molecule has 4 aromatic rings. The number of halogens is 6. The van der Waals surface area contributed by atoms with Crippen LogP contribution in [0.15, 0.2) is 55.0 Å². The van der Waals surface area contributed by atoms with Gasteiger partial charge in [0.2, 0.25) is 0 Å². The van der Waals surface area contributed by atoms with Gasteiger partial charge in [-0.05, 0) is 43.0 Å². The second kappa shape index (κ2) is 12.1. The Kier molecular flexibility index (Phi) is 8.45. The second-order valence-corrected chi connectivity index (χ2v) is 10.0. The highest BCUT2D eigenvalue weighted by molar-refractivity contribution is 6.40. The fourth-order valence-corrected chi connectivity index (χ4v) is 4.85. The Hall–Kier alpha value is -4.73. The number of benzene rings is 1. The van der Waals surface area contributed by atoms with E-state index in [2.05, 4.69) is 20.4 Å². The normalized spacial score (nSPS) is 15.7. The smallest absolute Gasteiger partial charge is 0.383 e. The molecule has 2 amide bonds. The van der Waals surface area contributed by atoms with Crippen molar-refractivity contribution >= 4 is 34.2 Å². The first kappa shape index (κ1) is 30.7. The molecule has 1 aliphatic heterocycles. The molecule has 232 valence electrons. The molecular weight excluding hydrogens is 596 g/mol. The third-order valence-corrected chi connectivity index (χ3v) is 7.01. The lowest BCUT2D eigenvalue weighted by Crippen LogP contribution is -2.39. The number of nitrogen functional groups attached to an aromatic ring is 1. The van der Waals surface area contributed by atoms with Gasteiger partial charge in [-0.3, -0.25) is 14.6 Å². The standard InChI is InChI=1S/C28H25F6N7O3/c29-27(30,31)17-8-9-18(36-11-17)15-40(14-16-5-1-2-6-20(16)28(32,33)34)26(43)25(42)39-21-13-37-24(35)19-12-38-41(23(19)21)22-7-3-4-10-44-22/h1-2,5-6,8-9,11-13,22H,3-4,7,10,14-15H2,(H2,35,37)(H,39,42). The fourth-order valence-electron chi connectivity index (χ4n) is 4.85. The molecule has 3 aromatic heterocycles. The molecule has 1 aromatic carbocycles. The topological polar surface area (TPSA) is 128 Å². The number of nitrogens with two attached hydrogens (primary N) is 1. The van der Waals surface area contributed by atoms with Crippen molar-refractivity contribution in [1.82, 2.24) is 24.6 Å². The minimum atomic E-state index is -4.78. The monoisotopic (exact) mass is 621 g/mol. The van der Waals surface area contributed by atoms with Crippen LogP contribution >= 0.6 is 0 Å². The van der Waals surface area contributed by atoms with Crippen LogP contribution in [-0.2, 0) is 39.8 Å². The van der Waals surface area contributed by atoms with Crippen molar-refractivity contribution in [2.45, 2.75) is 50.9 Å². The minimum absolute atomic E-state index is 0.0440. The van der Waals surface area contributed by atoms with Crippen LogP contribution < -0.4 is 11.1 Å². The first-order valence-corrected chi connectivity index (χ1v) is 13.3. The van der Waals surface area contributed by atoms with Crippen molar-refractivity contribution in [2.75, 3.05) is 17.7 Å². The number of rotatable bonds is 6. The zero-order valence-electron chi connectivity index (χ0n) is 22.8. The summed E-state index contributed by atoms with van der Waals surface area (Å²) in [6.45, 7) is -0.785. The molecule has 1 aliphatic rings. The van der Waals surface area contributed by atoms with E-state index in [0.29, 0.717) is 30.1 Å². The number of hydrogen-bond acceptors (Lipinski definition) is 7. The van der Waals surface area contributed by atoms with Crippen LogP contribution in [0.25, 0.3) is 10.9 Å². The molecule has 0 aliphatic carbocycles. The van der Waals surface area contributed by atoms with Gasteiger partial charge < -0.3 is 20.7 Å². The lowest BCUT2D eigenvalue weighted by Gasteiger charge is -2.25. The zero-order chi connectivity index (χ0) is 31.6. The summed E-state index contributed by atoms with van der Waals surface area (Å²) in [5.41, 5.74) is 3.84. The van der Waals surface area contributed by atoms with Gasteiger partial charge in [-0.15, -0.1) is 0 Å². The second-order valence-electron chi connectivity index (χ2n) is 10.0. The highest BCUT2D eigenvalue weighted by Gasteiger charge is 2.35. The maximum Gasteiger partial charge on any atom is 0.417 e. The first-order chi connectivity index (χ1) is 20.8. The van der Waals surface area contributed by atoms with Crippen LogP contribution in [-0.4, -0.2) is 43.1 Å². The molecule has 1 saturated heterocycles. The van der Waals surface area contributed by atoms with E-state index in [0.717, 1.165) is 42.0 Å². The number of nitrogens with zero attached hydrogens (tertiary/aromatic N) is 5. The molecule has 0 radical (unpaired) electrons. The van der Waals surface area contributed by atoms with E-state index in [4.69, 9.17) is 10.5 Å². The third kappa shape index (κ3) is 6.59. The van der Waals surface area contributed by atoms with Crippen LogP contribution in [0, 0.1) is 0 Å². The molecule has 1 unspecified atom stereocenters. The quantitative estimate of drug-likeness (QED) is 0.221. The number of aromatic nitrogens is 4. The minimum Gasteiger partial charge on any atom is -0.383 e. The van der Waals surface area contributed by atoms with E-state index in [-0.39, 0.29) is 22.8 Å². The van der Waals surface area contributed by atoms with E-state index in [1.165, 1.54) is 29.2 Å². The van der Waals surface area contributed by atoms with Gasteiger partial charge in [-0.25, -0.2) is 9.67 Å². The van der Waals surface area contributed by atoms with Gasteiger partial charge >= 0.3 is 24.2 Å². The molecule has 3 N–H and O–H groups in total. The number of ether oxygens (including phenoxy) is 1. The van der Waals surface area contributed by atoms with E-state index >= 15 is 0 Å². The summed E-state index contributed by atoms with van der Waals surface area (Å²) >= 11 is 0. The average molecular weight is 622 g/mol. The first-order valence-electron chi connectivity index (χ1n) is 13.3. The van der Waals surface area contributed by atoms with E-state index in [1.54, 1.807) is 0 Å². The Morgan fingerprint density at radius 1 is 0.977 bits per heavy atom. The summed E-state index contributed by atoms with van der Waals surface area (Å²) in [5, 5.41) is 7.14. The van der Waals surface area contributed by atoms with Gasteiger partial charge in [-0.1, -0.05) is 18.2 Å². The third-order valence-electron chi connectivity index (χ3n) is 7.01. The summed E-state index contributed by atoms with van der Waals surface area (Å²) in [6, 6.07) is 6.15. The summed E-state index contributed by atoms with van der Waals surface area (Å²) < 4.78 is 87.6. The van der Waals surface area contributed by atoms with Gasteiger partial charge in [0.25, 0.3) is 0 Å². The van der Waals surface area contributed by atoms with Gasteiger partial charge in [0.05, 0.1) is 46.8 Å². The maximum atomic E-state index is 13.7. The molecule has 5 rings (SSSR count). The largest absolute Gasteiger partial charge is 0.417 e. The Morgan fingerprint density at radius 2 is 1.75 bits per heavy atom. The van der Waals surface area contributed by atoms with Crippen molar-refractivity contribution in [3.63, 3.8) is 0 Å². The van der Waals surface area contributed by atoms with Crippen molar-refractivity contribution in [3.05, 3.63) is 77.4 Å². The predicted octanol–water partition coefficient (Wildman–Crippen LogP) is 5.31. The Balaban J connectivity index is 1.46. The molecule has 10 nitrogen and oxygen atoms in total. The highest BCUT2D eigenvalue weighted by Crippen LogP contribution is 2.34. The van der Waals surface area contributed by atoms with Crippen molar-refractivity contribution in [1.29, 1.82) is 0 Å². The van der Waals surface area contributed by atoms with Crippen LogP contribution in [0.1, 0.15) is 47.9 Å². The number of alkyl halides is 6. The number of anilines is 2. The fraction of sp³-hybridized carbons (Fsp3) is 0.321. The van der Waals surface area contributed by atoms with Crippen LogP contribution in [0.4, 0.5) is 37.8 Å². The summed E-state index contributed by atoms with van der Waals surface area (Å²) in [5.74, 6) is -2.41. The van der Waals surface area contributed by atoms with E-state index in [9.17, 15) is 35.9 Å². The molecular formula is C28H25F6N7O3. The summed E-state index contributed by atoms with van der Waals surface area (Å²) in [6.07, 6.45) is -4.41. The predicted molar refractivity (Wildman–Crippen MR) is 144 cm³/mol. The molecule has 1 fully saturated rings. The van der Waals surface area contributed by atoms with Crippen LogP contribution in [0.3, 0.4) is 0 Å². The number of amides is 2. The molecule has 0 spiro atoms. The van der Waals surface area contributed by atoms with E-state index < -0.39 is 54.6 Å². The van der Waals surface area contributed by atoms with Crippen molar-refractivity contribution in [3.8, 4) is 0 Å². The SMILES string of the molecule is Nc1ncc(NC(=O)C(=O)N(Cc2ccc(C(F)(F)F)cn2)Cc2ccccc2C(F)(F)F)c2c1cnn2C1CCCCO1. The lowest BCUT2D eigenvalue weighted by molar-refractivity contribution is -0.145. The highest BCUT2D eigenvalue weighted by atomic mass is 19.4. The van der Waals surface area contributed by atoms with E-state index in [1.807, 2.05) is 0 Å². The van der Waals surface area contributed by atoms with Crippen LogP contribution in [0.2, 0.25) is 0 Å². The Labute approximate surface area is 245 Å². The average Bonchev–Trinajstić information content (AvgIpc) is 3.44. The lowest BCUT2D eigenvalue weighted by atomic mass is 10.1. The zero-order valence-corrected chi connectivity index (χ0v) is 22.8. The Bertz CT molecular complexity index is 1670. The number of fused-ring (bicyclic) bond motifs is 1. The number of nitrogens with one attached hydrogen (secondary N) is 1. The molecule has 4 heterocycles.